The van der Waals surface area contributed by atoms with Gasteiger partial charge in [0.25, 0.3) is 0 Å². The van der Waals surface area contributed by atoms with Crippen LogP contribution < -0.4 is 5.46 Å². The molecule has 0 spiro atoms. The number of aromatic nitrogens is 1. The lowest BCUT2D eigenvalue weighted by Crippen LogP contribution is -2.29. The zero-order valence-electron chi connectivity index (χ0n) is 12.8. The second kappa shape index (κ2) is 5.60. The molecule has 1 fully saturated rings. The Kier molecular flexibility index (Phi) is 4.10. The molecule has 1 N–H and O–H groups in total. The molecule has 5 heteroatoms. The Labute approximate surface area is 138 Å². The molecule has 3 rings (SSSR count). The topological polar surface area (TPSA) is 19.0 Å². The largest absolute Gasteiger partial charge is 0.350 e. The number of hydrogen-bond acceptors (Lipinski definition) is 3. The monoisotopic (exact) mass is 316 g/mol. The summed E-state index contributed by atoms with van der Waals surface area (Å²) in [5.74, 6) is 0.537. The number of fused-ring (bicyclic) bond motifs is 1. The molecule has 2 nitrogen and oxygen atoms in total. The number of nitrogens with one attached hydrogen (secondary N) is 1. The van der Waals surface area contributed by atoms with Crippen LogP contribution in [-0.2, 0) is 0 Å². The van der Waals surface area contributed by atoms with Crippen molar-refractivity contribution in [3.8, 4) is 0 Å². The number of hydrogen-bond donors (Lipinski definition) is 3. The van der Waals surface area contributed by atoms with Crippen molar-refractivity contribution in [3.63, 3.8) is 0 Å². The van der Waals surface area contributed by atoms with E-state index in [0.717, 1.165) is 52.4 Å². The third-order valence-electron chi connectivity index (χ3n) is 4.97. The van der Waals surface area contributed by atoms with E-state index in [1.165, 1.54) is 16.5 Å². The highest BCUT2D eigenvalue weighted by molar-refractivity contribution is 7.80. The van der Waals surface area contributed by atoms with Gasteiger partial charge in [0.2, 0.25) is 0 Å². The summed E-state index contributed by atoms with van der Waals surface area (Å²) in [6, 6.07) is 0. The summed E-state index contributed by atoms with van der Waals surface area (Å²) in [7, 11) is 8.50. The van der Waals surface area contributed by atoms with Gasteiger partial charge in [0.15, 0.2) is 0 Å². The fourth-order valence-corrected chi connectivity index (χ4v) is 4.20. The summed E-state index contributed by atoms with van der Waals surface area (Å²) in [4.78, 5) is 6.82. The van der Waals surface area contributed by atoms with E-state index in [-0.39, 0.29) is 0 Å². The number of rotatable bonds is 1. The Morgan fingerprint density at radius 2 is 1.76 bits per heavy atom. The number of likely N-dealkylation sites (tertiary alicyclic amines) is 1. The maximum atomic E-state index is 6.31. The standard InChI is InChI=1S/C16H21BN2S2/c1-8-9(2)15(20)12-11(10-4-6-19(3)7-5-10)16(21)18-14(12)13(8)17/h10,18,20-21H,4-7H2,1-3H3. The van der Waals surface area contributed by atoms with Crippen LogP contribution in [0.2, 0.25) is 0 Å². The quantitative estimate of drug-likeness (QED) is 0.545. The minimum Gasteiger partial charge on any atom is -0.350 e. The van der Waals surface area contributed by atoms with Gasteiger partial charge in [-0.3, -0.25) is 0 Å². The fraction of sp³-hybridized carbons (Fsp3) is 0.500. The predicted molar refractivity (Wildman–Crippen MR) is 97.1 cm³/mol. The second-order valence-corrected chi connectivity index (χ2v) is 7.12. The van der Waals surface area contributed by atoms with Crippen molar-refractivity contribution in [2.75, 3.05) is 20.1 Å². The molecule has 2 radical (unpaired) electrons. The zero-order chi connectivity index (χ0) is 15.3. The van der Waals surface area contributed by atoms with Crippen molar-refractivity contribution in [2.24, 2.45) is 0 Å². The van der Waals surface area contributed by atoms with Gasteiger partial charge in [-0.15, -0.1) is 25.3 Å². The fourth-order valence-electron chi connectivity index (χ4n) is 3.40. The highest BCUT2D eigenvalue weighted by Gasteiger charge is 2.26. The van der Waals surface area contributed by atoms with Gasteiger partial charge in [-0.25, -0.2) is 0 Å². The SMILES string of the molecule is [B]c1c(C)c(C)c(S)c2c(C3CCN(C)CC3)c(S)[nH]c12. The molecule has 0 atom stereocenters. The molecule has 1 aromatic heterocycles. The number of benzene rings is 1. The van der Waals surface area contributed by atoms with Crippen molar-refractivity contribution < 1.29 is 0 Å². The number of nitrogens with zero attached hydrogens (tertiary/aromatic N) is 1. The first-order chi connectivity index (χ1) is 9.91. The Balaban J connectivity index is 2.21. The van der Waals surface area contributed by atoms with Crippen molar-refractivity contribution in [3.05, 3.63) is 16.7 Å². The minimum atomic E-state index is 0.537. The van der Waals surface area contributed by atoms with Crippen molar-refractivity contribution >= 4 is 49.5 Å². The van der Waals surface area contributed by atoms with Crippen LogP contribution >= 0.6 is 25.3 Å². The summed E-state index contributed by atoms with van der Waals surface area (Å²) >= 11 is 9.47. The summed E-state index contributed by atoms with van der Waals surface area (Å²) < 4.78 is 0. The Morgan fingerprint density at radius 3 is 2.38 bits per heavy atom. The van der Waals surface area contributed by atoms with Gasteiger partial charge >= 0.3 is 0 Å². The average Bonchev–Trinajstić information content (AvgIpc) is 2.81. The van der Waals surface area contributed by atoms with Gasteiger partial charge in [-0.05, 0) is 63.9 Å². The van der Waals surface area contributed by atoms with E-state index in [1.807, 2.05) is 0 Å². The van der Waals surface area contributed by atoms with Gasteiger partial charge < -0.3 is 9.88 Å². The smallest absolute Gasteiger partial charge is 0.117 e. The van der Waals surface area contributed by atoms with Gasteiger partial charge in [0.1, 0.15) is 7.85 Å². The molecule has 21 heavy (non-hydrogen) atoms. The Morgan fingerprint density at radius 1 is 1.14 bits per heavy atom. The first kappa shape index (κ1) is 15.4. The molecule has 1 aliphatic heterocycles. The number of H-pyrrole nitrogens is 1. The first-order valence-electron chi connectivity index (χ1n) is 7.42. The molecule has 1 aliphatic rings. The maximum Gasteiger partial charge on any atom is 0.117 e. The molecule has 1 saturated heterocycles. The summed E-state index contributed by atoms with van der Waals surface area (Å²) in [5.41, 5.74) is 5.42. The summed E-state index contributed by atoms with van der Waals surface area (Å²) in [6.07, 6.45) is 2.33. The molecule has 0 amide bonds. The molecule has 0 saturated carbocycles. The van der Waals surface area contributed by atoms with Crippen LogP contribution in [0, 0.1) is 13.8 Å². The lowest BCUT2D eigenvalue weighted by atomic mass is 9.83. The van der Waals surface area contributed by atoms with Crippen LogP contribution in [0.5, 0.6) is 0 Å². The molecular weight excluding hydrogens is 295 g/mol. The van der Waals surface area contributed by atoms with Crippen LogP contribution in [0.4, 0.5) is 0 Å². The van der Waals surface area contributed by atoms with Crippen molar-refractivity contribution in [2.45, 2.75) is 42.5 Å². The molecule has 1 aromatic carbocycles. The number of thiol groups is 2. The number of piperidine rings is 1. The van der Waals surface area contributed by atoms with E-state index in [1.54, 1.807) is 0 Å². The average molecular weight is 316 g/mol. The highest BCUT2D eigenvalue weighted by Crippen LogP contribution is 2.40. The summed E-state index contributed by atoms with van der Waals surface area (Å²) in [5, 5.41) is 2.13. The van der Waals surface area contributed by atoms with E-state index < -0.39 is 0 Å². The molecule has 0 aliphatic carbocycles. The Hall–Kier alpha value is -0.515. The molecule has 2 heterocycles. The van der Waals surface area contributed by atoms with Gasteiger partial charge in [-0.1, -0.05) is 11.0 Å². The highest BCUT2D eigenvalue weighted by atomic mass is 32.1. The predicted octanol–water partition coefficient (Wildman–Crippen LogP) is 2.97. The second-order valence-electron chi connectivity index (χ2n) is 6.23. The maximum absolute atomic E-state index is 6.31. The molecule has 110 valence electrons. The zero-order valence-corrected chi connectivity index (χ0v) is 14.6. The van der Waals surface area contributed by atoms with E-state index in [2.05, 4.69) is 30.8 Å². The van der Waals surface area contributed by atoms with Crippen molar-refractivity contribution in [1.82, 2.24) is 9.88 Å². The van der Waals surface area contributed by atoms with Gasteiger partial charge in [0, 0.05) is 15.8 Å². The Bertz CT molecular complexity index is 700. The van der Waals surface area contributed by atoms with Gasteiger partial charge in [-0.2, -0.15) is 0 Å². The van der Waals surface area contributed by atoms with Crippen LogP contribution in [-0.4, -0.2) is 37.9 Å². The number of aromatic amines is 1. The van der Waals surface area contributed by atoms with Crippen LogP contribution in [0.3, 0.4) is 0 Å². The van der Waals surface area contributed by atoms with E-state index in [9.17, 15) is 0 Å². The van der Waals surface area contributed by atoms with E-state index >= 15 is 0 Å². The van der Waals surface area contributed by atoms with Gasteiger partial charge in [0.05, 0.1) is 5.03 Å². The van der Waals surface area contributed by atoms with Crippen LogP contribution in [0.15, 0.2) is 9.92 Å². The summed E-state index contributed by atoms with van der Waals surface area (Å²) in [6.45, 7) is 6.41. The molecule has 2 aromatic rings. The third kappa shape index (κ3) is 2.43. The van der Waals surface area contributed by atoms with E-state index in [0.29, 0.717) is 5.92 Å². The minimum absolute atomic E-state index is 0.537. The third-order valence-corrected chi connectivity index (χ3v) is 5.88. The van der Waals surface area contributed by atoms with Crippen LogP contribution in [0.1, 0.15) is 35.4 Å². The molecule has 0 bridgehead atoms. The van der Waals surface area contributed by atoms with E-state index in [4.69, 9.17) is 33.1 Å². The van der Waals surface area contributed by atoms with Crippen LogP contribution in [0.25, 0.3) is 10.9 Å². The van der Waals surface area contributed by atoms with Crippen molar-refractivity contribution in [1.29, 1.82) is 0 Å². The lowest BCUT2D eigenvalue weighted by molar-refractivity contribution is 0.255. The molecule has 0 unspecified atom stereocenters. The normalized spacial score (nSPS) is 17.8. The molecular formula is C16H21BN2S2. The lowest BCUT2D eigenvalue weighted by Gasteiger charge is -2.29. The first-order valence-corrected chi connectivity index (χ1v) is 8.32.